The van der Waals surface area contributed by atoms with E-state index in [1.165, 1.54) is 0 Å². The number of carbonyl (C=O) groups is 3. The number of nitrogens with one attached hydrogen (secondary N) is 2. The monoisotopic (exact) mass is 764 g/mol. The molecule has 7 rings (SSSR count). The van der Waals surface area contributed by atoms with E-state index in [-0.39, 0.29) is 37.1 Å². The number of unbranched alkanes of at least 4 members (excludes halogenated alkanes) is 3. The number of fused-ring (bicyclic) bond motifs is 2. The number of rotatable bonds is 15. The quantitative estimate of drug-likeness (QED) is 0.109. The number of allylic oxidation sites excluding steroid dienone is 2. The standard InChI is InChI=1S/C40H43BF2N8O3S/c42-41(43)51-30(14-15-31(51)27-29-13-17-33(46-29)36-12-8-26-55-36)16-18-37(52)44-19-5-1-2-6-21-48-22-24-49(25-23-48)28-38(53)50-35-11-4-3-9-32(35)40(54)47-34-10-7-20-45-39(34)50/h3-4,7-15,17,20,26-27H,1-2,5-6,16,18-19,21-25,28H2,(H,44,52)(H,47,54). The van der Waals surface area contributed by atoms with E-state index >= 15 is 0 Å². The molecule has 0 spiro atoms. The van der Waals surface area contributed by atoms with Gasteiger partial charge in [-0.3, -0.25) is 32.8 Å². The summed E-state index contributed by atoms with van der Waals surface area (Å²) in [6.07, 6.45) is 11.2. The van der Waals surface area contributed by atoms with Crippen LogP contribution in [0.4, 0.5) is 25.8 Å². The summed E-state index contributed by atoms with van der Waals surface area (Å²) in [7, 11) is -2.73. The van der Waals surface area contributed by atoms with E-state index in [1.54, 1.807) is 71.0 Å². The number of thiophene rings is 1. The van der Waals surface area contributed by atoms with Gasteiger partial charge in [-0.15, -0.1) is 11.3 Å². The molecule has 0 unspecified atom stereocenters. The predicted octanol–water partition coefficient (Wildman–Crippen LogP) is 6.27. The molecular weight excluding hydrogens is 721 g/mol. The highest BCUT2D eigenvalue weighted by atomic mass is 32.1. The van der Waals surface area contributed by atoms with E-state index in [1.807, 2.05) is 35.7 Å². The maximum Gasteiger partial charge on any atom is 0.677 e. The van der Waals surface area contributed by atoms with Crippen LogP contribution in [0.3, 0.4) is 0 Å². The fraction of sp³-hybridized carbons (Fsp3) is 0.325. The molecule has 3 aromatic heterocycles. The minimum absolute atomic E-state index is 0.133. The third-order valence-electron chi connectivity index (χ3n) is 10.0. The first-order valence-electron chi connectivity index (χ1n) is 18.7. The van der Waals surface area contributed by atoms with Gasteiger partial charge in [-0.2, -0.15) is 0 Å². The number of piperazine rings is 1. The van der Waals surface area contributed by atoms with E-state index < -0.39 is 7.40 Å². The molecule has 3 amide bonds. The van der Waals surface area contributed by atoms with Crippen molar-refractivity contribution < 1.29 is 23.0 Å². The molecule has 1 aromatic carbocycles. The molecule has 3 aliphatic rings. The molecule has 3 aliphatic heterocycles. The van der Waals surface area contributed by atoms with Gasteiger partial charge < -0.3 is 20.0 Å². The van der Waals surface area contributed by atoms with Gasteiger partial charge in [0.25, 0.3) is 5.91 Å². The minimum atomic E-state index is -2.73. The summed E-state index contributed by atoms with van der Waals surface area (Å²) >= 11 is 1.57. The zero-order valence-corrected chi connectivity index (χ0v) is 31.3. The van der Waals surface area contributed by atoms with Gasteiger partial charge in [0.2, 0.25) is 11.8 Å². The lowest BCUT2D eigenvalue weighted by Crippen LogP contribution is -2.49. The van der Waals surface area contributed by atoms with Gasteiger partial charge in [0, 0.05) is 56.7 Å². The average Bonchev–Trinajstić information content (AvgIpc) is 3.96. The Morgan fingerprint density at radius 1 is 0.927 bits per heavy atom. The topological polar surface area (TPSA) is 115 Å². The summed E-state index contributed by atoms with van der Waals surface area (Å²) in [5, 5.41) is 7.79. The number of aliphatic imine (C=N–C) groups is 1. The number of pyridine rings is 1. The molecule has 6 heterocycles. The Morgan fingerprint density at radius 3 is 2.56 bits per heavy atom. The smallest absolute Gasteiger partial charge is 0.356 e. The van der Waals surface area contributed by atoms with Crippen molar-refractivity contribution in [3.8, 4) is 0 Å². The summed E-state index contributed by atoms with van der Waals surface area (Å²) in [6, 6.07) is 17.8. The van der Waals surface area contributed by atoms with Crippen molar-refractivity contribution in [2.45, 2.75) is 38.5 Å². The van der Waals surface area contributed by atoms with Crippen molar-refractivity contribution in [3.63, 3.8) is 0 Å². The highest BCUT2D eigenvalue weighted by Crippen LogP contribution is 2.36. The van der Waals surface area contributed by atoms with E-state index in [4.69, 9.17) is 0 Å². The maximum atomic E-state index is 14.1. The molecule has 1 saturated heterocycles. The molecule has 0 aliphatic carbocycles. The third-order valence-corrected chi connectivity index (χ3v) is 10.9. The zero-order chi connectivity index (χ0) is 38.1. The lowest BCUT2D eigenvalue weighted by Gasteiger charge is -2.35. The van der Waals surface area contributed by atoms with E-state index in [9.17, 15) is 23.0 Å². The number of aryl methyl sites for hydroxylation is 1. The van der Waals surface area contributed by atoms with Gasteiger partial charge in [0.1, 0.15) is 0 Å². The second kappa shape index (κ2) is 17.9. The molecule has 284 valence electrons. The van der Waals surface area contributed by atoms with Crippen molar-refractivity contribution >= 4 is 65.4 Å². The van der Waals surface area contributed by atoms with Gasteiger partial charge in [-0.25, -0.2) is 9.98 Å². The number of benzene rings is 1. The largest absolute Gasteiger partial charge is 0.677 e. The Hall–Kier alpha value is -5.25. The molecule has 2 N–H and O–H groups in total. The van der Waals surface area contributed by atoms with E-state index in [0.29, 0.717) is 46.4 Å². The van der Waals surface area contributed by atoms with Crippen LogP contribution < -0.4 is 15.5 Å². The van der Waals surface area contributed by atoms with E-state index in [2.05, 4.69) is 30.4 Å². The molecule has 0 radical (unpaired) electrons. The summed E-state index contributed by atoms with van der Waals surface area (Å²) in [4.78, 5) is 55.3. The maximum absolute atomic E-state index is 14.1. The number of anilines is 3. The minimum Gasteiger partial charge on any atom is -0.356 e. The zero-order valence-electron chi connectivity index (χ0n) is 30.5. The van der Waals surface area contributed by atoms with Crippen molar-refractivity contribution in [2.24, 2.45) is 4.99 Å². The van der Waals surface area contributed by atoms with Crippen molar-refractivity contribution in [3.05, 3.63) is 112 Å². The van der Waals surface area contributed by atoms with Crippen LogP contribution in [0.1, 0.15) is 58.7 Å². The van der Waals surface area contributed by atoms with Crippen LogP contribution in [0.2, 0.25) is 0 Å². The van der Waals surface area contributed by atoms with Gasteiger partial charge in [0.15, 0.2) is 5.82 Å². The van der Waals surface area contributed by atoms with Gasteiger partial charge in [-0.1, -0.05) is 31.0 Å². The molecule has 0 atom stereocenters. The molecular formula is C40H43BF2N8O3S. The van der Waals surface area contributed by atoms with Gasteiger partial charge in [-0.05, 0) is 91.9 Å². The van der Waals surface area contributed by atoms with Gasteiger partial charge >= 0.3 is 7.40 Å². The summed E-state index contributed by atoms with van der Waals surface area (Å²) < 4.78 is 29.1. The number of hydrogen-bond acceptors (Lipinski definition) is 8. The highest BCUT2D eigenvalue weighted by molar-refractivity contribution is 7.12. The van der Waals surface area contributed by atoms with Crippen molar-refractivity contribution in [2.75, 3.05) is 56.0 Å². The number of aromatic nitrogens is 2. The van der Waals surface area contributed by atoms with Crippen LogP contribution in [0.25, 0.3) is 6.08 Å². The fourth-order valence-electron chi connectivity index (χ4n) is 7.13. The van der Waals surface area contributed by atoms with Crippen LogP contribution in [0, 0.1) is 0 Å². The van der Waals surface area contributed by atoms with Crippen LogP contribution in [-0.2, 0) is 16.0 Å². The second-order valence-electron chi connectivity index (χ2n) is 13.7. The van der Waals surface area contributed by atoms with Gasteiger partial charge in [0.05, 0.1) is 39.8 Å². The van der Waals surface area contributed by atoms with Crippen LogP contribution >= 0.6 is 11.3 Å². The summed E-state index contributed by atoms with van der Waals surface area (Å²) in [5.41, 5.74) is 3.65. The molecule has 1 fully saturated rings. The molecule has 0 saturated carbocycles. The number of carbonyl (C=O) groups excluding carboxylic acids is 3. The number of halogens is 2. The van der Waals surface area contributed by atoms with Crippen LogP contribution in [0.5, 0.6) is 0 Å². The number of hydrogen-bond donors (Lipinski definition) is 2. The lowest BCUT2D eigenvalue weighted by atomic mass is 10.1. The first-order valence-corrected chi connectivity index (χ1v) is 19.6. The SMILES string of the molecule is O=C(CCc1ccc(C=C2C=CC(c3cccs3)=N2)n1B(F)F)NCCCCCCN1CCN(CC(=O)N2c3ccccc3C(=O)Nc3cccnc32)CC1. The normalized spacial score (nSPS) is 16.4. The molecule has 11 nitrogen and oxygen atoms in total. The first-order chi connectivity index (χ1) is 26.8. The predicted molar refractivity (Wildman–Crippen MR) is 214 cm³/mol. The Labute approximate surface area is 323 Å². The number of nitrogens with zero attached hydrogens (tertiary/aromatic N) is 6. The summed E-state index contributed by atoms with van der Waals surface area (Å²) in [6.45, 7) is 5.02. The third kappa shape index (κ3) is 9.35. The Morgan fingerprint density at radius 2 is 1.75 bits per heavy atom. The lowest BCUT2D eigenvalue weighted by molar-refractivity contribution is -0.121. The molecule has 15 heteroatoms. The Kier molecular flexibility index (Phi) is 12.4. The van der Waals surface area contributed by atoms with Crippen LogP contribution in [-0.4, -0.2) is 95.9 Å². The first kappa shape index (κ1) is 38.0. The molecule has 0 bridgehead atoms. The number of para-hydroxylation sites is 1. The fourth-order valence-corrected chi connectivity index (χ4v) is 7.83. The molecule has 4 aromatic rings. The Bertz CT molecular complexity index is 2090. The van der Waals surface area contributed by atoms with Crippen LogP contribution in [0.15, 0.2) is 95.1 Å². The Balaban J connectivity index is 0.783. The van der Waals surface area contributed by atoms with E-state index in [0.717, 1.165) is 73.5 Å². The number of amides is 3. The summed E-state index contributed by atoms with van der Waals surface area (Å²) in [5.74, 6) is -0.126. The van der Waals surface area contributed by atoms with Crippen molar-refractivity contribution in [1.29, 1.82) is 0 Å². The van der Waals surface area contributed by atoms with Crippen molar-refractivity contribution in [1.82, 2.24) is 24.6 Å². The average molecular weight is 765 g/mol. The second-order valence-corrected chi connectivity index (χ2v) is 14.7. The highest BCUT2D eigenvalue weighted by Gasteiger charge is 2.31. The molecule has 55 heavy (non-hydrogen) atoms.